The summed E-state index contributed by atoms with van der Waals surface area (Å²) in [6.45, 7) is 3.55. The molecule has 2 atom stereocenters. The van der Waals surface area contributed by atoms with Gasteiger partial charge in [0.1, 0.15) is 0 Å². The molecule has 0 aliphatic carbocycles. The Morgan fingerprint density at radius 3 is 2.90 bits per heavy atom. The summed E-state index contributed by atoms with van der Waals surface area (Å²) in [4.78, 5) is 2.23. The van der Waals surface area contributed by atoms with Gasteiger partial charge in [-0.1, -0.05) is 23.7 Å². The second kappa shape index (κ2) is 7.09. The van der Waals surface area contributed by atoms with Gasteiger partial charge in [-0.25, -0.2) is 8.42 Å². The molecule has 0 amide bonds. The summed E-state index contributed by atoms with van der Waals surface area (Å²) in [6.07, 6.45) is 0.834. The third kappa shape index (κ3) is 4.95. The highest BCUT2D eigenvalue weighted by molar-refractivity contribution is 7.91. The molecule has 0 spiro atoms. The van der Waals surface area contributed by atoms with Crippen LogP contribution in [0.5, 0.6) is 0 Å². The Labute approximate surface area is 132 Å². The van der Waals surface area contributed by atoms with Gasteiger partial charge in [0, 0.05) is 23.7 Å². The van der Waals surface area contributed by atoms with Gasteiger partial charge in [0.2, 0.25) is 0 Å². The Hall–Kier alpha value is -0.620. The lowest BCUT2D eigenvalue weighted by atomic mass is 10.1. The van der Waals surface area contributed by atoms with Gasteiger partial charge in [0.25, 0.3) is 0 Å². The second-order valence-corrected chi connectivity index (χ2v) is 8.43. The van der Waals surface area contributed by atoms with Crippen molar-refractivity contribution in [2.75, 3.05) is 31.6 Å². The minimum atomic E-state index is -2.86. The van der Waals surface area contributed by atoms with Crippen LogP contribution in [0.3, 0.4) is 0 Å². The maximum absolute atomic E-state index is 11.6. The first-order valence-electron chi connectivity index (χ1n) is 7.27. The van der Waals surface area contributed by atoms with Gasteiger partial charge in [0.05, 0.1) is 11.5 Å². The van der Waals surface area contributed by atoms with Crippen molar-refractivity contribution in [2.45, 2.75) is 25.4 Å². The first-order chi connectivity index (χ1) is 9.87. The van der Waals surface area contributed by atoms with Crippen LogP contribution in [0, 0.1) is 0 Å². The summed E-state index contributed by atoms with van der Waals surface area (Å²) in [5, 5.41) is 4.03. The van der Waals surface area contributed by atoms with E-state index < -0.39 is 9.84 Å². The largest absolute Gasteiger partial charge is 0.312 e. The standard InChI is InChI=1S/C15H23ClN2O2S/c1-12(13-4-3-5-14(16)10-13)18(2)8-6-15-11-21(19,20)9-7-17-15/h3-5,10,12,15,17H,6-9,11H2,1-2H3. The molecule has 118 valence electrons. The Bertz CT molecular complexity index is 577. The van der Waals surface area contributed by atoms with Crippen molar-refractivity contribution in [2.24, 2.45) is 0 Å². The van der Waals surface area contributed by atoms with E-state index in [1.54, 1.807) is 0 Å². The predicted molar refractivity (Wildman–Crippen MR) is 87.6 cm³/mol. The highest BCUT2D eigenvalue weighted by atomic mass is 35.5. The summed E-state index contributed by atoms with van der Waals surface area (Å²) in [5.41, 5.74) is 1.18. The molecular formula is C15H23ClN2O2S. The highest BCUT2D eigenvalue weighted by Gasteiger charge is 2.24. The van der Waals surface area contributed by atoms with Gasteiger partial charge in [-0.15, -0.1) is 0 Å². The first kappa shape index (κ1) is 16.7. The predicted octanol–water partition coefficient (Wildman–Crippen LogP) is 2.11. The normalized spacial score (nSPS) is 23.1. The molecule has 1 aromatic carbocycles. The van der Waals surface area contributed by atoms with Gasteiger partial charge >= 0.3 is 0 Å². The summed E-state index contributed by atoms with van der Waals surface area (Å²) < 4.78 is 23.3. The molecule has 1 N–H and O–H groups in total. The molecular weight excluding hydrogens is 308 g/mol. The summed E-state index contributed by atoms with van der Waals surface area (Å²) in [5.74, 6) is 0.518. The van der Waals surface area contributed by atoms with Crippen LogP contribution >= 0.6 is 11.6 Å². The Kier molecular flexibility index (Phi) is 5.66. The van der Waals surface area contributed by atoms with E-state index >= 15 is 0 Å². The van der Waals surface area contributed by atoms with Crippen LogP contribution in [0.1, 0.15) is 24.9 Å². The Balaban J connectivity index is 1.88. The molecule has 6 heteroatoms. The van der Waals surface area contributed by atoms with Gasteiger partial charge < -0.3 is 5.32 Å². The highest BCUT2D eigenvalue weighted by Crippen LogP contribution is 2.22. The van der Waals surface area contributed by atoms with Crippen LogP contribution in [0.4, 0.5) is 0 Å². The van der Waals surface area contributed by atoms with E-state index in [-0.39, 0.29) is 23.6 Å². The van der Waals surface area contributed by atoms with Crippen LogP contribution in [0.25, 0.3) is 0 Å². The molecule has 4 nitrogen and oxygen atoms in total. The molecule has 0 bridgehead atoms. The number of hydrogen-bond donors (Lipinski definition) is 1. The summed E-state index contributed by atoms with van der Waals surface area (Å²) >= 11 is 6.03. The van der Waals surface area contributed by atoms with E-state index in [4.69, 9.17) is 11.6 Å². The maximum atomic E-state index is 11.6. The van der Waals surface area contributed by atoms with Gasteiger partial charge in [-0.05, 0) is 44.6 Å². The summed E-state index contributed by atoms with van der Waals surface area (Å²) in [7, 11) is -0.798. The minimum absolute atomic E-state index is 0.0674. The molecule has 1 fully saturated rings. The van der Waals surface area contributed by atoms with Crippen LogP contribution < -0.4 is 5.32 Å². The Morgan fingerprint density at radius 1 is 1.48 bits per heavy atom. The molecule has 1 aliphatic heterocycles. The fourth-order valence-corrected chi connectivity index (χ4v) is 4.32. The van der Waals surface area contributed by atoms with Gasteiger partial charge in [-0.2, -0.15) is 0 Å². The number of benzene rings is 1. The van der Waals surface area contributed by atoms with Crippen molar-refractivity contribution < 1.29 is 8.42 Å². The lowest BCUT2D eigenvalue weighted by Crippen LogP contribution is -2.46. The molecule has 2 unspecified atom stereocenters. The van der Waals surface area contributed by atoms with E-state index in [2.05, 4.69) is 30.3 Å². The van der Waals surface area contributed by atoms with Crippen molar-refractivity contribution in [3.63, 3.8) is 0 Å². The number of sulfone groups is 1. The lowest BCUT2D eigenvalue weighted by molar-refractivity contribution is 0.247. The zero-order chi connectivity index (χ0) is 15.5. The molecule has 1 aromatic rings. The van der Waals surface area contributed by atoms with Gasteiger partial charge in [-0.3, -0.25) is 4.90 Å². The SMILES string of the molecule is CC(c1cccc(Cl)c1)N(C)CCC1CS(=O)(=O)CCN1. The quantitative estimate of drug-likeness (QED) is 0.898. The molecule has 2 rings (SSSR count). The number of halogens is 1. The second-order valence-electron chi connectivity index (χ2n) is 5.77. The molecule has 0 aromatic heterocycles. The third-order valence-electron chi connectivity index (χ3n) is 4.12. The van der Waals surface area contributed by atoms with Crippen molar-refractivity contribution >= 4 is 21.4 Å². The molecule has 21 heavy (non-hydrogen) atoms. The number of rotatable bonds is 5. The topological polar surface area (TPSA) is 49.4 Å². The molecule has 1 heterocycles. The fourth-order valence-electron chi connectivity index (χ4n) is 2.63. The number of hydrogen-bond acceptors (Lipinski definition) is 4. The van der Waals surface area contributed by atoms with Crippen LogP contribution in [0.2, 0.25) is 5.02 Å². The monoisotopic (exact) mass is 330 g/mol. The average molecular weight is 331 g/mol. The van der Waals surface area contributed by atoms with E-state index in [1.165, 1.54) is 5.56 Å². The fraction of sp³-hybridized carbons (Fsp3) is 0.600. The smallest absolute Gasteiger partial charge is 0.153 e. The van der Waals surface area contributed by atoms with E-state index in [1.807, 2.05) is 18.2 Å². The number of nitrogens with zero attached hydrogens (tertiary/aromatic N) is 1. The first-order valence-corrected chi connectivity index (χ1v) is 9.47. The average Bonchev–Trinajstić information content (AvgIpc) is 2.43. The van der Waals surface area contributed by atoms with Crippen molar-refractivity contribution in [3.8, 4) is 0 Å². The molecule has 1 saturated heterocycles. The van der Waals surface area contributed by atoms with Crippen LogP contribution in [-0.4, -0.2) is 51.0 Å². The minimum Gasteiger partial charge on any atom is -0.312 e. The van der Waals surface area contributed by atoms with Crippen LogP contribution in [0.15, 0.2) is 24.3 Å². The maximum Gasteiger partial charge on any atom is 0.153 e. The Morgan fingerprint density at radius 2 is 2.24 bits per heavy atom. The third-order valence-corrected chi connectivity index (χ3v) is 6.10. The zero-order valence-electron chi connectivity index (χ0n) is 12.5. The lowest BCUT2D eigenvalue weighted by Gasteiger charge is -2.29. The van der Waals surface area contributed by atoms with Crippen LogP contribution in [-0.2, 0) is 9.84 Å². The zero-order valence-corrected chi connectivity index (χ0v) is 14.1. The van der Waals surface area contributed by atoms with Gasteiger partial charge in [0.15, 0.2) is 9.84 Å². The molecule has 0 radical (unpaired) electrons. The molecule has 1 aliphatic rings. The van der Waals surface area contributed by atoms with Crippen molar-refractivity contribution in [3.05, 3.63) is 34.9 Å². The molecule has 0 saturated carbocycles. The van der Waals surface area contributed by atoms with E-state index in [0.29, 0.717) is 6.54 Å². The number of nitrogens with one attached hydrogen (secondary N) is 1. The van der Waals surface area contributed by atoms with Crippen molar-refractivity contribution in [1.82, 2.24) is 10.2 Å². The van der Waals surface area contributed by atoms with E-state index in [9.17, 15) is 8.42 Å². The summed E-state index contributed by atoms with van der Waals surface area (Å²) in [6, 6.07) is 8.19. The van der Waals surface area contributed by atoms with Crippen molar-refractivity contribution in [1.29, 1.82) is 0 Å². The van der Waals surface area contributed by atoms with E-state index in [0.717, 1.165) is 18.0 Å².